The van der Waals surface area contributed by atoms with Gasteiger partial charge in [-0.3, -0.25) is 0 Å². The molecule has 0 heterocycles. The summed E-state index contributed by atoms with van der Waals surface area (Å²) in [6.45, 7) is 5.77. The molecule has 16 heavy (non-hydrogen) atoms. The maximum atomic E-state index is 5.79. The van der Waals surface area contributed by atoms with Crippen LogP contribution in [0.3, 0.4) is 0 Å². The third-order valence-corrected chi connectivity index (χ3v) is 2.49. The fourth-order valence-corrected chi connectivity index (χ4v) is 1.66. The molecule has 90 valence electrons. The molecular weight excluding hydrogens is 200 g/mol. The lowest BCUT2D eigenvalue weighted by Gasteiger charge is -2.11. The van der Waals surface area contributed by atoms with E-state index in [4.69, 9.17) is 9.47 Å². The Morgan fingerprint density at radius 2 is 2.00 bits per heavy atom. The summed E-state index contributed by atoms with van der Waals surface area (Å²) in [5, 5.41) is 0. The lowest BCUT2D eigenvalue weighted by molar-refractivity contribution is 0.172. The van der Waals surface area contributed by atoms with Gasteiger partial charge in [0.1, 0.15) is 5.75 Å². The van der Waals surface area contributed by atoms with Crippen molar-refractivity contribution in [3.8, 4) is 5.75 Å². The molecule has 1 rings (SSSR count). The summed E-state index contributed by atoms with van der Waals surface area (Å²) in [6, 6.07) is 6.44. The molecule has 0 unspecified atom stereocenters. The van der Waals surface area contributed by atoms with Gasteiger partial charge in [0.15, 0.2) is 0 Å². The third kappa shape index (κ3) is 4.23. The number of hydrogen-bond acceptors (Lipinski definition) is 2. The smallest absolute Gasteiger partial charge is 0.122 e. The van der Waals surface area contributed by atoms with Crippen LogP contribution in [0.2, 0.25) is 0 Å². The molecule has 0 fully saturated rings. The van der Waals surface area contributed by atoms with Crippen molar-refractivity contribution in [3.63, 3.8) is 0 Å². The number of methoxy groups -OCH3 is 1. The second kappa shape index (κ2) is 7.29. The van der Waals surface area contributed by atoms with Crippen molar-refractivity contribution in [2.45, 2.75) is 33.1 Å². The zero-order chi connectivity index (χ0) is 11.8. The Kier molecular flexibility index (Phi) is 5.94. The van der Waals surface area contributed by atoms with Gasteiger partial charge in [-0.1, -0.05) is 25.5 Å². The molecule has 0 N–H and O–H groups in total. The van der Waals surface area contributed by atoms with Gasteiger partial charge in [-0.2, -0.15) is 0 Å². The van der Waals surface area contributed by atoms with E-state index in [1.54, 1.807) is 7.11 Å². The summed E-state index contributed by atoms with van der Waals surface area (Å²) in [4.78, 5) is 0. The average molecular weight is 222 g/mol. The third-order valence-electron chi connectivity index (χ3n) is 2.49. The fraction of sp³-hybridized carbons (Fsp3) is 0.571. The number of rotatable bonds is 7. The lowest BCUT2D eigenvalue weighted by atomic mass is 10.1. The monoisotopic (exact) mass is 222 g/mol. The number of aryl methyl sites for hydroxylation is 2. The number of hydrogen-bond donors (Lipinski definition) is 0. The van der Waals surface area contributed by atoms with Crippen molar-refractivity contribution in [2.75, 3.05) is 20.3 Å². The van der Waals surface area contributed by atoms with Gasteiger partial charge in [0.05, 0.1) is 6.61 Å². The highest BCUT2D eigenvalue weighted by atomic mass is 16.5. The van der Waals surface area contributed by atoms with Gasteiger partial charge in [0.2, 0.25) is 0 Å². The van der Waals surface area contributed by atoms with Gasteiger partial charge in [0, 0.05) is 20.1 Å². The van der Waals surface area contributed by atoms with Crippen LogP contribution in [0.25, 0.3) is 0 Å². The van der Waals surface area contributed by atoms with Gasteiger partial charge in [-0.25, -0.2) is 0 Å². The highest BCUT2D eigenvalue weighted by molar-refractivity contribution is 5.37. The summed E-state index contributed by atoms with van der Waals surface area (Å²) >= 11 is 0. The Hall–Kier alpha value is -1.02. The quantitative estimate of drug-likeness (QED) is 0.659. The van der Waals surface area contributed by atoms with Crippen LogP contribution in [0.1, 0.15) is 30.9 Å². The van der Waals surface area contributed by atoms with Crippen molar-refractivity contribution < 1.29 is 9.47 Å². The molecule has 0 aliphatic carbocycles. The van der Waals surface area contributed by atoms with Crippen molar-refractivity contribution in [3.05, 3.63) is 29.3 Å². The molecule has 2 nitrogen and oxygen atoms in total. The Morgan fingerprint density at radius 1 is 1.19 bits per heavy atom. The summed E-state index contributed by atoms with van der Waals surface area (Å²) in [6.07, 6.45) is 3.17. The minimum absolute atomic E-state index is 0.730. The van der Waals surface area contributed by atoms with Crippen LogP contribution in [0.15, 0.2) is 18.2 Å². The fourth-order valence-electron chi connectivity index (χ4n) is 1.66. The summed E-state index contributed by atoms with van der Waals surface area (Å²) < 4.78 is 10.8. The molecular formula is C14H22O2. The molecule has 0 aliphatic heterocycles. The van der Waals surface area contributed by atoms with Gasteiger partial charge < -0.3 is 9.47 Å². The van der Waals surface area contributed by atoms with E-state index in [0.29, 0.717) is 0 Å². The van der Waals surface area contributed by atoms with Crippen molar-refractivity contribution >= 4 is 0 Å². The van der Waals surface area contributed by atoms with E-state index in [-0.39, 0.29) is 0 Å². The van der Waals surface area contributed by atoms with Gasteiger partial charge >= 0.3 is 0 Å². The molecule has 0 saturated heterocycles. The standard InChI is InChI=1S/C14H22O2/c1-4-6-13-8-7-12(2)11-14(13)16-10-5-9-15-3/h7-8,11H,4-6,9-10H2,1-3H3. The van der Waals surface area contributed by atoms with E-state index >= 15 is 0 Å². The first-order chi connectivity index (χ1) is 7.77. The first-order valence-electron chi connectivity index (χ1n) is 5.99. The largest absolute Gasteiger partial charge is 0.493 e. The van der Waals surface area contributed by atoms with Crippen molar-refractivity contribution in [2.24, 2.45) is 0 Å². The maximum Gasteiger partial charge on any atom is 0.122 e. The minimum Gasteiger partial charge on any atom is -0.493 e. The van der Waals surface area contributed by atoms with Crippen molar-refractivity contribution in [1.29, 1.82) is 0 Å². The van der Waals surface area contributed by atoms with Crippen LogP contribution in [0.5, 0.6) is 5.75 Å². The Labute approximate surface area is 98.6 Å². The molecule has 0 atom stereocenters. The molecule has 0 saturated carbocycles. The summed E-state index contributed by atoms with van der Waals surface area (Å²) in [7, 11) is 1.72. The SMILES string of the molecule is CCCc1ccc(C)cc1OCCCOC. The zero-order valence-corrected chi connectivity index (χ0v) is 10.6. The van der Waals surface area contributed by atoms with E-state index in [1.807, 2.05) is 0 Å². The van der Waals surface area contributed by atoms with Crippen LogP contribution in [0.4, 0.5) is 0 Å². The first-order valence-corrected chi connectivity index (χ1v) is 5.99. The van der Waals surface area contributed by atoms with E-state index in [9.17, 15) is 0 Å². The van der Waals surface area contributed by atoms with Gasteiger partial charge in [-0.15, -0.1) is 0 Å². The van der Waals surface area contributed by atoms with Gasteiger partial charge in [-0.05, 0) is 30.5 Å². The molecule has 0 bridgehead atoms. The molecule has 2 heteroatoms. The molecule has 1 aromatic carbocycles. The van der Waals surface area contributed by atoms with Crippen molar-refractivity contribution in [1.82, 2.24) is 0 Å². The summed E-state index contributed by atoms with van der Waals surface area (Å²) in [5.74, 6) is 1.04. The highest BCUT2D eigenvalue weighted by Gasteiger charge is 2.03. The van der Waals surface area contributed by atoms with Crippen LogP contribution in [-0.2, 0) is 11.2 Å². The molecule has 0 amide bonds. The topological polar surface area (TPSA) is 18.5 Å². The number of ether oxygens (including phenoxy) is 2. The lowest BCUT2D eigenvalue weighted by Crippen LogP contribution is -2.03. The normalized spacial score (nSPS) is 10.4. The van der Waals surface area contributed by atoms with E-state index in [0.717, 1.165) is 38.2 Å². The maximum absolute atomic E-state index is 5.79. The van der Waals surface area contributed by atoms with E-state index < -0.39 is 0 Å². The van der Waals surface area contributed by atoms with Crippen LogP contribution in [-0.4, -0.2) is 20.3 Å². The van der Waals surface area contributed by atoms with Crippen LogP contribution in [0, 0.1) is 6.92 Å². The van der Waals surface area contributed by atoms with Crippen LogP contribution < -0.4 is 4.74 Å². The first kappa shape index (κ1) is 13.0. The Bertz CT molecular complexity index is 308. The predicted octanol–water partition coefficient (Wildman–Crippen LogP) is 3.36. The second-order valence-electron chi connectivity index (χ2n) is 4.06. The highest BCUT2D eigenvalue weighted by Crippen LogP contribution is 2.21. The zero-order valence-electron chi connectivity index (χ0n) is 10.6. The van der Waals surface area contributed by atoms with Gasteiger partial charge in [0.25, 0.3) is 0 Å². The predicted molar refractivity (Wildman–Crippen MR) is 67.2 cm³/mol. The molecule has 0 spiro atoms. The molecule has 1 aromatic rings. The average Bonchev–Trinajstić information content (AvgIpc) is 2.28. The Balaban J connectivity index is 2.57. The minimum atomic E-state index is 0.730. The van der Waals surface area contributed by atoms with Crippen LogP contribution >= 0.6 is 0 Å². The molecule has 0 aromatic heterocycles. The van der Waals surface area contributed by atoms with E-state index in [1.165, 1.54) is 11.1 Å². The second-order valence-corrected chi connectivity index (χ2v) is 4.06. The number of benzene rings is 1. The molecule has 0 radical (unpaired) electrons. The molecule has 0 aliphatic rings. The van der Waals surface area contributed by atoms with E-state index in [2.05, 4.69) is 32.0 Å². The Morgan fingerprint density at radius 3 is 2.69 bits per heavy atom. The summed E-state index contributed by atoms with van der Waals surface area (Å²) in [5.41, 5.74) is 2.56.